The van der Waals surface area contributed by atoms with Gasteiger partial charge in [-0.25, -0.2) is 13.1 Å². The number of benzene rings is 1. The van der Waals surface area contributed by atoms with E-state index in [0.717, 1.165) is 16.2 Å². The normalized spacial score (nSPS) is 13.4. The smallest absolute Gasteiger partial charge is 0.273 e. The van der Waals surface area contributed by atoms with Crippen molar-refractivity contribution in [2.75, 3.05) is 13.2 Å². The average molecular weight is 379 g/mol. The minimum atomic E-state index is -3.88. The van der Waals surface area contributed by atoms with Crippen LogP contribution >= 0.6 is 11.3 Å². The number of fused-ring (bicyclic) bond motifs is 1. The molecule has 0 radical (unpaired) electrons. The Bertz CT molecular complexity index is 944. The Hall–Kier alpha value is -2.32. The highest BCUT2D eigenvalue weighted by molar-refractivity contribution is 7.92. The van der Waals surface area contributed by atoms with Crippen molar-refractivity contribution in [1.29, 1.82) is 0 Å². The third-order valence-corrected chi connectivity index (χ3v) is 6.33. The number of ether oxygens (including phenoxy) is 2. The van der Waals surface area contributed by atoms with E-state index in [1.165, 1.54) is 6.07 Å². The molecule has 2 aromatic rings. The zero-order valence-corrected chi connectivity index (χ0v) is 15.4. The zero-order valence-electron chi connectivity index (χ0n) is 13.7. The van der Waals surface area contributed by atoms with E-state index < -0.39 is 15.9 Å². The summed E-state index contributed by atoms with van der Waals surface area (Å²) in [4.78, 5) is 13.2. The summed E-state index contributed by atoms with van der Waals surface area (Å²) in [6.45, 7) is 4.21. The SMILES string of the molecule is CCOc1ccc2c(c1)C=C(C(=O)NS(=O)(=O)c1ccc(C)s1)CO2. The predicted molar refractivity (Wildman–Crippen MR) is 95.5 cm³/mol. The van der Waals surface area contributed by atoms with Crippen LogP contribution in [0.3, 0.4) is 0 Å². The number of carbonyl (C=O) groups excluding carboxylic acids is 1. The van der Waals surface area contributed by atoms with Crippen LogP contribution in [0.5, 0.6) is 11.5 Å². The summed E-state index contributed by atoms with van der Waals surface area (Å²) in [5.74, 6) is 0.583. The Kier molecular flexibility index (Phi) is 4.82. The van der Waals surface area contributed by atoms with Gasteiger partial charge in [-0.15, -0.1) is 11.3 Å². The molecule has 3 rings (SSSR count). The Labute approximate surface area is 150 Å². The Morgan fingerprint density at radius 2 is 2.12 bits per heavy atom. The number of hydrogen-bond donors (Lipinski definition) is 1. The predicted octanol–water partition coefficient (Wildman–Crippen LogP) is 2.74. The third kappa shape index (κ3) is 3.85. The molecule has 0 fully saturated rings. The van der Waals surface area contributed by atoms with Gasteiger partial charge in [-0.1, -0.05) is 0 Å². The van der Waals surface area contributed by atoms with Crippen LogP contribution in [0.25, 0.3) is 6.08 Å². The monoisotopic (exact) mass is 379 g/mol. The van der Waals surface area contributed by atoms with Gasteiger partial charge in [-0.3, -0.25) is 4.79 Å². The number of hydrogen-bond acceptors (Lipinski definition) is 6. The number of rotatable bonds is 5. The molecule has 6 nitrogen and oxygen atoms in total. The summed E-state index contributed by atoms with van der Waals surface area (Å²) in [5, 5.41) is 0. The maximum atomic E-state index is 12.3. The number of nitrogens with one attached hydrogen (secondary N) is 1. The second-order valence-corrected chi connectivity index (χ2v) is 8.59. The number of aryl methyl sites for hydroxylation is 1. The summed E-state index contributed by atoms with van der Waals surface area (Å²) in [6.07, 6.45) is 1.62. The van der Waals surface area contributed by atoms with Crippen LogP contribution in [0, 0.1) is 6.92 Å². The molecule has 2 heterocycles. The van der Waals surface area contributed by atoms with Crippen molar-refractivity contribution in [3.05, 3.63) is 46.3 Å². The van der Waals surface area contributed by atoms with Gasteiger partial charge in [0.25, 0.3) is 15.9 Å². The topological polar surface area (TPSA) is 81.7 Å². The minimum Gasteiger partial charge on any atom is -0.494 e. The highest BCUT2D eigenvalue weighted by Gasteiger charge is 2.24. The second-order valence-electron chi connectivity index (χ2n) is 5.39. The first-order valence-electron chi connectivity index (χ1n) is 7.63. The molecule has 0 saturated heterocycles. The van der Waals surface area contributed by atoms with E-state index in [1.807, 2.05) is 6.92 Å². The molecule has 0 unspecified atom stereocenters. The second kappa shape index (κ2) is 6.89. The maximum Gasteiger partial charge on any atom is 0.273 e. The van der Waals surface area contributed by atoms with Crippen LogP contribution in [-0.2, 0) is 14.8 Å². The molecular weight excluding hydrogens is 362 g/mol. The van der Waals surface area contributed by atoms with E-state index in [1.54, 1.807) is 37.3 Å². The van der Waals surface area contributed by atoms with Crippen LogP contribution in [-0.4, -0.2) is 27.5 Å². The lowest BCUT2D eigenvalue weighted by molar-refractivity contribution is -0.116. The van der Waals surface area contributed by atoms with E-state index in [2.05, 4.69) is 4.72 Å². The van der Waals surface area contributed by atoms with E-state index in [0.29, 0.717) is 23.7 Å². The quantitative estimate of drug-likeness (QED) is 0.864. The Morgan fingerprint density at radius 3 is 2.80 bits per heavy atom. The van der Waals surface area contributed by atoms with E-state index >= 15 is 0 Å². The van der Waals surface area contributed by atoms with Crippen LogP contribution in [0.2, 0.25) is 0 Å². The lowest BCUT2D eigenvalue weighted by atomic mass is 10.1. The van der Waals surface area contributed by atoms with Crippen LogP contribution in [0.15, 0.2) is 40.1 Å². The van der Waals surface area contributed by atoms with Crippen LogP contribution in [0.4, 0.5) is 0 Å². The van der Waals surface area contributed by atoms with Crippen molar-refractivity contribution < 1.29 is 22.7 Å². The van der Waals surface area contributed by atoms with Gasteiger partial charge in [-0.05, 0) is 50.3 Å². The molecule has 132 valence electrons. The average Bonchev–Trinajstić information content (AvgIpc) is 3.01. The number of sulfonamides is 1. The van der Waals surface area contributed by atoms with Gasteiger partial charge >= 0.3 is 0 Å². The fraction of sp³-hybridized carbons (Fsp3) is 0.235. The van der Waals surface area contributed by atoms with Crippen molar-refractivity contribution in [2.45, 2.75) is 18.1 Å². The summed E-state index contributed by atoms with van der Waals surface area (Å²) in [7, 11) is -3.88. The van der Waals surface area contributed by atoms with Crippen molar-refractivity contribution in [3.63, 3.8) is 0 Å². The first-order valence-corrected chi connectivity index (χ1v) is 9.93. The molecule has 1 aromatic heterocycles. The van der Waals surface area contributed by atoms with Gasteiger partial charge in [0, 0.05) is 10.4 Å². The van der Waals surface area contributed by atoms with E-state index in [9.17, 15) is 13.2 Å². The molecule has 25 heavy (non-hydrogen) atoms. The fourth-order valence-electron chi connectivity index (χ4n) is 2.34. The molecule has 1 aromatic carbocycles. The fourth-order valence-corrected chi connectivity index (χ4v) is 4.61. The van der Waals surface area contributed by atoms with Gasteiger partial charge in [0.1, 0.15) is 22.3 Å². The largest absolute Gasteiger partial charge is 0.494 e. The van der Waals surface area contributed by atoms with E-state index in [4.69, 9.17) is 9.47 Å². The van der Waals surface area contributed by atoms with Gasteiger partial charge in [0.2, 0.25) is 0 Å². The van der Waals surface area contributed by atoms with Gasteiger partial charge in [0.05, 0.1) is 12.2 Å². The van der Waals surface area contributed by atoms with Crippen molar-refractivity contribution in [2.24, 2.45) is 0 Å². The molecule has 1 aliphatic rings. The van der Waals surface area contributed by atoms with Gasteiger partial charge in [-0.2, -0.15) is 0 Å². The first kappa shape index (κ1) is 17.5. The van der Waals surface area contributed by atoms with Crippen molar-refractivity contribution in [3.8, 4) is 11.5 Å². The highest BCUT2D eigenvalue weighted by atomic mass is 32.2. The Morgan fingerprint density at radius 1 is 1.32 bits per heavy atom. The maximum absolute atomic E-state index is 12.3. The molecule has 0 spiro atoms. The first-order chi connectivity index (χ1) is 11.9. The third-order valence-electron chi connectivity index (χ3n) is 3.50. The molecular formula is C17H17NO5S2. The Balaban J connectivity index is 1.82. The number of carbonyl (C=O) groups is 1. The highest BCUT2D eigenvalue weighted by Crippen LogP contribution is 2.30. The number of amides is 1. The molecule has 1 aliphatic heterocycles. The van der Waals surface area contributed by atoms with Crippen LogP contribution in [0.1, 0.15) is 17.4 Å². The van der Waals surface area contributed by atoms with E-state index in [-0.39, 0.29) is 16.4 Å². The standard InChI is InChI=1S/C17H17NO5S2/c1-3-22-14-5-6-15-12(9-14)8-13(10-23-15)17(19)18-25(20,21)16-7-4-11(2)24-16/h4-9H,3,10H2,1-2H3,(H,18,19). The summed E-state index contributed by atoms with van der Waals surface area (Å²) in [6, 6.07) is 8.47. The van der Waals surface area contributed by atoms with Gasteiger partial charge < -0.3 is 9.47 Å². The zero-order chi connectivity index (χ0) is 18.0. The minimum absolute atomic E-state index is 0.00576. The molecule has 0 atom stereocenters. The summed E-state index contributed by atoms with van der Waals surface area (Å²) >= 11 is 1.11. The molecule has 1 N–H and O–H groups in total. The van der Waals surface area contributed by atoms with Gasteiger partial charge in [0.15, 0.2) is 0 Å². The van der Waals surface area contributed by atoms with Crippen LogP contribution < -0.4 is 14.2 Å². The molecule has 0 bridgehead atoms. The lowest BCUT2D eigenvalue weighted by Gasteiger charge is -2.18. The summed E-state index contributed by atoms with van der Waals surface area (Å²) < 4.78 is 37.7. The molecule has 0 saturated carbocycles. The molecule has 8 heteroatoms. The van der Waals surface area contributed by atoms with Crippen molar-refractivity contribution in [1.82, 2.24) is 4.72 Å². The van der Waals surface area contributed by atoms with Crippen molar-refractivity contribution >= 4 is 33.3 Å². The lowest BCUT2D eigenvalue weighted by Crippen LogP contribution is -2.33. The summed E-state index contributed by atoms with van der Waals surface area (Å²) in [5.41, 5.74) is 0.907. The number of thiophene rings is 1. The molecule has 1 amide bonds. The molecule has 0 aliphatic carbocycles.